The molecule has 0 fully saturated rings. The summed E-state index contributed by atoms with van der Waals surface area (Å²) in [6.45, 7) is 2.75. The van der Waals surface area contributed by atoms with Gasteiger partial charge in [0.1, 0.15) is 5.75 Å². The number of hydrogen-bond donors (Lipinski definition) is 2. The van der Waals surface area contributed by atoms with Gasteiger partial charge in [0.15, 0.2) is 6.61 Å². The molecule has 0 aliphatic rings. The molecular formula is C17H20N2O2. The van der Waals surface area contributed by atoms with Crippen molar-refractivity contribution in [2.24, 2.45) is 0 Å². The Labute approximate surface area is 125 Å². The average molecular weight is 284 g/mol. The Kier molecular flexibility index (Phi) is 5.35. The standard InChI is InChI=1S/C17H20N2O2/c1-13-5-3-7-15(9-13)19-17(20)12-21-16-8-4-6-14(10-16)11-18-2/h3-10,18H,11-12H2,1-2H3,(H,19,20). The van der Waals surface area contributed by atoms with E-state index in [1.54, 1.807) is 0 Å². The van der Waals surface area contributed by atoms with E-state index in [9.17, 15) is 4.79 Å². The van der Waals surface area contributed by atoms with Gasteiger partial charge >= 0.3 is 0 Å². The van der Waals surface area contributed by atoms with Gasteiger partial charge in [-0.15, -0.1) is 0 Å². The monoisotopic (exact) mass is 284 g/mol. The molecule has 21 heavy (non-hydrogen) atoms. The third-order valence-electron chi connectivity index (χ3n) is 2.95. The van der Waals surface area contributed by atoms with Crippen LogP contribution in [0.4, 0.5) is 5.69 Å². The van der Waals surface area contributed by atoms with Crippen LogP contribution < -0.4 is 15.4 Å². The van der Waals surface area contributed by atoms with Gasteiger partial charge in [0.2, 0.25) is 0 Å². The minimum absolute atomic E-state index is 0.00303. The number of rotatable bonds is 6. The van der Waals surface area contributed by atoms with Crippen LogP contribution in [0.15, 0.2) is 48.5 Å². The zero-order valence-electron chi connectivity index (χ0n) is 12.3. The largest absolute Gasteiger partial charge is 0.484 e. The molecule has 0 bridgehead atoms. The predicted octanol–water partition coefficient (Wildman–Crippen LogP) is 2.73. The van der Waals surface area contributed by atoms with Crippen LogP contribution in [0, 0.1) is 6.92 Å². The van der Waals surface area contributed by atoms with Crippen molar-refractivity contribution in [2.75, 3.05) is 19.0 Å². The first-order valence-corrected chi connectivity index (χ1v) is 6.90. The highest BCUT2D eigenvalue weighted by Crippen LogP contribution is 2.14. The summed E-state index contributed by atoms with van der Waals surface area (Å²) in [6, 6.07) is 15.4. The molecule has 2 aromatic rings. The molecule has 110 valence electrons. The molecule has 0 atom stereocenters. The number of carbonyl (C=O) groups excluding carboxylic acids is 1. The van der Waals surface area contributed by atoms with Crippen LogP contribution in [-0.4, -0.2) is 19.6 Å². The first-order valence-electron chi connectivity index (χ1n) is 6.90. The van der Waals surface area contributed by atoms with E-state index in [0.717, 1.165) is 23.4 Å². The smallest absolute Gasteiger partial charge is 0.262 e. The molecule has 4 heteroatoms. The van der Waals surface area contributed by atoms with Gasteiger partial charge in [-0.05, 0) is 49.4 Å². The minimum atomic E-state index is -0.167. The summed E-state index contributed by atoms with van der Waals surface area (Å²) in [5.41, 5.74) is 3.01. The summed E-state index contributed by atoms with van der Waals surface area (Å²) in [7, 11) is 1.89. The van der Waals surface area contributed by atoms with E-state index >= 15 is 0 Å². The number of ether oxygens (including phenoxy) is 1. The SMILES string of the molecule is CNCc1cccc(OCC(=O)Nc2cccc(C)c2)c1. The van der Waals surface area contributed by atoms with Gasteiger partial charge in [-0.25, -0.2) is 0 Å². The van der Waals surface area contributed by atoms with Crippen LogP contribution in [0.1, 0.15) is 11.1 Å². The fourth-order valence-corrected chi connectivity index (χ4v) is 2.02. The van der Waals surface area contributed by atoms with Crippen molar-refractivity contribution in [2.45, 2.75) is 13.5 Å². The maximum absolute atomic E-state index is 11.9. The van der Waals surface area contributed by atoms with E-state index in [4.69, 9.17) is 4.74 Å². The molecule has 0 radical (unpaired) electrons. The third kappa shape index (κ3) is 4.93. The van der Waals surface area contributed by atoms with Gasteiger partial charge in [-0.2, -0.15) is 0 Å². The maximum atomic E-state index is 11.9. The fourth-order valence-electron chi connectivity index (χ4n) is 2.02. The second kappa shape index (κ2) is 7.45. The second-order valence-electron chi connectivity index (χ2n) is 4.88. The zero-order valence-corrected chi connectivity index (χ0v) is 12.3. The molecule has 0 aromatic heterocycles. The number of amides is 1. The number of aryl methyl sites for hydroxylation is 1. The lowest BCUT2D eigenvalue weighted by Gasteiger charge is -2.09. The highest BCUT2D eigenvalue weighted by atomic mass is 16.5. The number of benzene rings is 2. The van der Waals surface area contributed by atoms with Gasteiger partial charge < -0.3 is 15.4 Å². The number of anilines is 1. The first kappa shape index (κ1) is 15.1. The predicted molar refractivity (Wildman–Crippen MR) is 84.5 cm³/mol. The van der Waals surface area contributed by atoms with E-state index in [1.807, 2.05) is 62.5 Å². The van der Waals surface area contributed by atoms with Gasteiger partial charge in [0.25, 0.3) is 5.91 Å². The Hall–Kier alpha value is -2.33. The summed E-state index contributed by atoms with van der Waals surface area (Å²) in [5, 5.41) is 5.90. The summed E-state index contributed by atoms with van der Waals surface area (Å²) in [4.78, 5) is 11.9. The molecule has 0 unspecified atom stereocenters. The Morgan fingerprint density at radius 2 is 1.95 bits per heavy atom. The number of carbonyl (C=O) groups is 1. The Balaban J connectivity index is 1.87. The summed E-state index contributed by atoms with van der Waals surface area (Å²) in [6.07, 6.45) is 0. The van der Waals surface area contributed by atoms with E-state index in [1.165, 1.54) is 0 Å². The highest BCUT2D eigenvalue weighted by molar-refractivity contribution is 5.91. The van der Waals surface area contributed by atoms with Crippen molar-refractivity contribution >= 4 is 11.6 Å². The Morgan fingerprint density at radius 3 is 2.71 bits per heavy atom. The van der Waals surface area contributed by atoms with Crippen molar-refractivity contribution in [3.63, 3.8) is 0 Å². The van der Waals surface area contributed by atoms with Crippen LogP contribution >= 0.6 is 0 Å². The number of hydrogen-bond acceptors (Lipinski definition) is 3. The zero-order chi connectivity index (χ0) is 15.1. The molecule has 0 aliphatic heterocycles. The van der Waals surface area contributed by atoms with E-state index in [2.05, 4.69) is 10.6 Å². The molecule has 0 spiro atoms. The Bertz CT molecular complexity index is 611. The van der Waals surface area contributed by atoms with Crippen LogP contribution in [-0.2, 0) is 11.3 Å². The van der Waals surface area contributed by atoms with Gasteiger partial charge in [-0.3, -0.25) is 4.79 Å². The molecule has 1 amide bonds. The molecule has 0 aliphatic carbocycles. The summed E-state index contributed by atoms with van der Waals surface area (Å²) < 4.78 is 5.52. The number of nitrogens with one attached hydrogen (secondary N) is 2. The lowest BCUT2D eigenvalue weighted by molar-refractivity contribution is -0.118. The molecule has 2 N–H and O–H groups in total. The lowest BCUT2D eigenvalue weighted by atomic mass is 10.2. The van der Waals surface area contributed by atoms with Crippen molar-refractivity contribution < 1.29 is 9.53 Å². The summed E-state index contributed by atoms with van der Waals surface area (Å²) >= 11 is 0. The van der Waals surface area contributed by atoms with Crippen LogP contribution in [0.3, 0.4) is 0 Å². The van der Waals surface area contributed by atoms with E-state index in [0.29, 0.717) is 5.75 Å². The third-order valence-corrected chi connectivity index (χ3v) is 2.95. The van der Waals surface area contributed by atoms with Crippen molar-refractivity contribution in [1.29, 1.82) is 0 Å². The molecule has 0 heterocycles. The molecule has 2 rings (SSSR count). The minimum Gasteiger partial charge on any atom is -0.484 e. The molecule has 0 saturated heterocycles. The molecule has 4 nitrogen and oxygen atoms in total. The first-order chi connectivity index (χ1) is 10.2. The summed E-state index contributed by atoms with van der Waals surface area (Å²) in [5.74, 6) is 0.529. The van der Waals surface area contributed by atoms with Gasteiger partial charge in [-0.1, -0.05) is 24.3 Å². The molecular weight excluding hydrogens is 264 g/mol. The quantitative estimate of drug-likeness (QED) is 0.857. The van der Waals surface area contributed by atoms with Crippen LogP contribution in [0.25, 0.3) is 0 Å². The van der Waals surface area contributed by atoms with E-state index < -0.39 is 0 Å². The molecule has 2 aromatic carbocycles. The van der Waals surface area contributed by atoms with Crippen molar-refractivity contribution in [3.8, 4) is 5.75 Å². The second-order valence-corrected chi connectivity index (χ2v) is 4.88. The fraction of sp³-hybridized carbons (Fsp3) is 0.235. The van der Waals surface area contributed by atoms with E-state index in [-0.39, 0.29) is 12.5 Å². The Morgan fingerprint density at radius 1 is 1.14 bits per heavy atom. The normalized spacial score (nSPS) is 10.2. The van der Waals surface area contributed by atoms with Crippen molar-refractivity contribution in [1.82, 2.24) is 5.32 Å². The van der Waals surface area contributed by atoms with Crippen molar-refractivity contribution in [3.05, 3.63) is 59.7 Å². The highest BCUT2D eigenvalue weighted by Gasteiger charge is 2.04. The van der Waals surface area contributed by atoms with Crippen LogP contribution in [0.2, 0.25) is 0 Å². The van der Waals surface area contributed by atoms with Crippen LogP contribution in [0.5, 0.6) is 5.75 Å². The lowest BCUT2D eigenvalue weighted by Crippen LogP contribution is -2.20. The average Bonchev–Trinajstić information content (AvgIpc) is 2.46. The maximum Gasteiger partial charge on any atom is 0.262 e. The van der Waals surface area contributed by atoms with Gasteiger partial charge in [0, 0.05) is 12.2 Å². The molecule has 0 saturated carbocycles. The topological polar surface area (TPSA) is 50.4 Å². The van der Waals surface area contributed by atoms with Gasteiger partial charge in [0.05, 0.1) is 0 Å².